The molecule has 1 N–H and O–H groups in total. The molecular formula is C17H22N2O. The SMILES string of the molecule is CC.CC1CC2c3[nH]c4ccccc4c3CCN2C1=O. The predicted molar refractivity (Wildman–Crippen MR) is 81.6 cm³/mol. The van der Waals surface area contributed by atoms with Crippen LogP contribution in [0.2, 0.25) is 0 Å². The van der Waals surface area contributed by atoms with E-state index in [1.54, 1.807) is 0 Å². The summed E-state index contributed by atoms with van der Waals surface area (Å²) < 4.78 is 0. The molecule has 0 saturated carbocycles. The zero-order chi connectivity index (χ0) is 14.3. The average Bonchev–Trinajstić information content (AvgIpc) is 3.00. The molecule has 2 unspecified atom stereocenters. The Morgan fingerprint density at radius 2 is 2.00 bits per heavy atom. The highest BCUT2D eigenvalue weighted by Gasteiger charge is 2.41. The quantitative estimate of drug-likeness (QED) is 0.779. The molecule has 20 heavy (non-hydrogen) atoms. The third-order valence-electron chi connectivity index (χ3n) is 4.44. The van der Waals surface area contributed by atoms with Crippen molar-refractivity contribution in [2.24, 2.45) is 5.92 Å². The van der Waals surface area contributed by atoms with Crippen LogP contribution in [0.1, 0.15) is 44.5 Å². The molecule has 2 aliphatic rings. The van der Waals surface area contributed by atoms with E-state index >= 15 is 0 Å². The first-order valence-corrected chi connectivity index (χ1v) is 7.65. The summed E-state index contributed by atoms with van der Waals surface area (Å²) in [7, 11) is 0. The van der Waals surface area contributed by atoms with Crippen LogP contribution in [0.25, 0.3) is 10.9 Å². The Balaban J connectivity index is 0.000000581. The average molecular weight is 270 g/mol. The second kappa shape index (κ2) is 4.97. The van der Waals surface area contributed by atoms with Crippen LogP contribution < -0.4 is 0 Å². The van der Waals surface area contributed by atoms with Crippen LogP contribution in [0.15, 0.2) is 24.3 Å². The normalized spacial score (nSPS) is 24.1. The number of benzene rings is 1. The van der Waals surface area contributed by atoms with E-state index in [9.17, 15) is 4.79 Å². The zero-order valence-electron chi connectivity index (χ0n) is 12.4. The summed E-state index contributed by atoms with van der Waals surface area (Å²) >= 11 is 0. The van der Waals surface area contributed by atoms with Crippen LogP contribution in [0.3, 0.4) is 0 Å². The number of nitrogens with one attached hydrogen (secondary N) is 1. The van der Waals surface area contributed by atoms with Gasteiger partial charge in [0, 0.05) is 29.1 Å². The molecule has 106 valence electrons. The molecule has 0 bridgehead atoms. The van der Waals surface area contributed by atoms with Gasteiger partial charge in [-0.05, 0) is 24.5 Å². The fourth-order valence-corrected chi connectivity index (χ4v) is 3.55. The minimum atomic E-state index is 0.173. The Hall–Kier alpha value is -1.77. The van der Waals surface area contributed by atoms with Gasteiger partial charge >= 0.3 is 0 Å². The Bertz CT molecular complexity index is 643. The number of H-pyrrole nitrogens is 1. The minimum Gasteiger partial charge on any atom is -0.356 e. The second-order valence-corrected chi connectivity index (χ2v) is 5.50. The predicted octanol–water partition coefficient (Wildman–Crippen LogP) is 3.66. The van der Waals surface area contributed by atoms with E-state index in [0.717, 1.165) is 19.4 Å². The van der Waals surface area contributed by atoms with E-state index in [1.165, 1.54) is 22.2 Å². The van der Waals surface area contributed by atoms with Gasteiger partial charge in [-0.25, -0.2) is 0 Å². The van der Waals surface area contributed by atoms with Crippen LogP contribution in [0.4, 0.5) is 0 Å². The van der Waals surface area contributed by atoms with Crippen LogP contribution in [-0.2, 0) is 11.2 Å². The van der Waals surface area contributed by atoms with Gasteiger partial charge in [-0.3, -0.25) is 4.79 Å². The lowest BCUT2D eigenvalue weighted by molar-refractivity contribution is -0.131. The van der Waals surface area contributed by atoms with Crippen molar-refractivity contribution < 1.29 is 4.79 Å². The Labute approximate surface area is 120 Å². The van der Waals surface area contributed by atoms with Gasteiger partial charge in [0.1, 0.15) is 0 Å². The number of hydrogen-bond acceptors (Lipinski definition) is 1. The summed E-state index contributed by atoms with van der Waals surface area (Å²) in [5, 5.41) is 1.33. The lowest BCUT2D eigenvalue weighted by Crippen LogP contribution is -2.34. The van der Waals surface area contributed by atoms with Gasteiger partial charge in [0.15, 0.2) is 0 Å². The first kappa shape index (κ1) is 13.2. The molecule has 1 saturated heterocycles. The first-order valence-electron chi connectivity index (χ1n) is 7.65. The summed E-state index contributed by atoms with van der Waals surface area (Å²) in [5.74, 6) is 0.497. The molecule has 0 aliphatic carbocycles. The van der Waals surface area contributed by atoms with Gasteiger partial charge in [-0.1, -0.05) is 39.0 Å². The lowest BCUT2D eigenvalue weighted by atomic mass is 9.96. The summed E-state index contributed by atoms with van der Waals surface area (Å²) in [4.78, 5) is 17.7. The molecule has 0 radical (unpaired) electrons. The third-order valence-corrected chi connectivity index (χ3v) is 4.44. The number of carbonyl (C=O) groups is 1. The lowest BCUT2D eigenvalue weighted by Gasteiger charge is -2.29. The Morgan fingerprint density at radius 1 is 1.25 bits per heavy atom. The number of aromatic nitrogens is 1. The molecule has 3 heterocycles. The Kier molecular flexibility index (Phi) is 3.28. The number of fused-ring (bicyclic) bond motifs is 5. The first-order chi connectivity index (χ1) is 9.75. The van der Waals surface area contributed by atoms with Crippen molar-refractivity contribution in [2.75, 3.05) is 6.54 Å². The fourth-order valence-electron chi connectivity index (χ4n) is 3.55. The minimum absolute atomic E-state index is 0.173. The van der Waals surface area contributed by atoms with Crippen LogP contribution in [-0.4, -0.2) is 22.3 Å². The maximum absolute atomic E-state index is 12.1. The molecule has 2 aromatic rings. The summed E-state index contributed by atoms with van der Waals surface area (Å²) in [5.41, 5.74) is 3.91. The standard InChI is InChI=1S/C15H16N2O.C2H6/c1-9-8-13-14-11(6-7-17(13)15(9)18)10-4-2-3-5-12(10)16-14;1-2/h2-5,9,13,16H,6-8H2,1H3;1-2H3. The number of aromatic amines is 1. The largest absolute Gasteiger partial charge is 0.356 e. The van der Waals surface area contributed by atoms with E-state index in [1.807, 2.05) is 20.8 Å². The number of hydrogen-bond donors (Lipinski definition) is 1. The zero-order valence-corrected chi connectivity index (χ0v) is 12.4. The van der Waals surface area contributed by atoms with E-state index in [4.69, 9.17) is 0 Å². The molecular weight excluding hydrogens is 248 g/mol. The van der Waals surface area contributed by atoms with Gasteiger partial charge in [0.05, 0.1) is 6.04 Å². The van der Waals surface area contributed by atoms with Crippen molar-refractivity contribution in [3.05, 3.63) is 35.5 Å². The number of amides is 1. The molecule has 4 rings (SSSR count). The van der Waals surface area contributed by atoms with Crippen LogP contribution >= 0.6 is 0 Å². The van der Waals surface area contributed by atoms with E-state index in [0.29, 0.717) is 5.91 Å². The second-order valence-electron chi connectivity index (χ2n) is 5.50. The fraction of sp³-hybridized carbons (Fsp3) is 0.471. The van der Waals surface area contributed by atoms with Crippen molar-refractivity contribution >= 4 is 16.8 Å². The molecule has 1 amide bonds. The smallest absolute Gasteiger partial charge is 0.226 e. The highest BCUT2D eigenvalue weighted by molar-refractivity contribution is 5.87. The Morgan fingerprint density at radius 3 is 2.80 bits per heavy atom. The number of carbonyl (C=O) groups excluding carboxylic acids is 1. The van der Waals surface area contributed by atoms with Gasteiger partial charge in [-0.2, -0.15) is 0 Å². The monoisotopic (exact) mass is 270 g/mol. The molecule has 0 spiro atoms. The maximum Gasteiger partial charge on any atom is 0.226 e. The van der Waals surface area contributed by atoms with Gasteiger partial charge in [0.2, 0.25) is 5.91 Å². The molecule has 1 aromatic heterocycles. The van der Waals surface area contributed by atoms with Crippen molar-refractivity contribution in [1.82, 2.24) is 9.88 Å². The van der Waals surface area contributed by atoms with Gasteiger partial charge in [-0.15, -0.1) is 0 Å². The summed E-state index contributed by atoms with van der Waals surface area (Å²) in [6.45, 7) is 6.92. The number of para-hydroxylation sites is 1. The molecule has 1 fully saturated rings. The number of nitrogens with zero attached hydrogens (tertiary/aromatic N) is 1. The van der Waals surface area contributed by atoms with E-state index < -0.39 is 0 Å². The van der Waals surface area contributed by atoms with Crippen LogP contribution in [0.5, 0.6) is 0 Å². The highest BCUT2D eigenvalue weighted by atomic mass is 16.2. The summed E-state index contributed by atoms with van der Waals surface area (Å²) in [6.07, 6.45) is 1.94. The molecule has 2 aliphatic heterocycles. The maximum atomic E-state index is 12.1. The van der Waals surface area contributed by atoms with Crippen molar-refractivity contribution in [1.29, 1.82) is 0 Å². The molecule has 2 atom stereocenters. The van der Waals surface area contributed by atoms with E-state index in [-0.39, 0.29) is 12.0 Å². The van der Waals surface area contributed by atoms with Gasteiger partial charge < -0.3 is 9.88 Å². The van der Waals surface area contributed by atoms with Gasteiger partial charge in [0.25, 0.3) is 0 Å². The molecule has 3 nitrogen and oxygen atoms in total. The topological polar surface area (TPSA) is 36.1 Å². The van der Waals surface area contributed by atoms with Crippen molar-refractivity contribution in [3.8, 4) is 0 Å². The van der Waals surface area contributed by atoms with Crippen molar-refractivity contribution in [3.63, 3.8) is 0 Å². The highest BCUT2D eigenvalue weighted by Crippen LogP contribution is 2.42. The molecule has 1 aromatic carbocycles. The summed E-state index contributed by atoms with van der Waals surface area (Å²) in [6, 6.07) is 8.73. The number of rotatable bonds is 0. The van der Waals surface area contributed by atoms with Crippen LogP contribution in [0, 0.1) is 5.92 Å². The third kappa shape index (κ3) is 1.76. The van der Waals surface area contributed by atoms with Crippen molar-refractivity contribution in [2.45, 2.75) is 39.7 Å². The molecule has 3 heteroatoms. The van der Waals surface area contributed by atoms with E-state index in [2.05, 4.69) is 34.1 Å².